The molecule has 2 rings (SSSR count). The Labute approximate surface area is 100 Å². The molecule has 0 bridgehead atoms. The quantitative estimate of drug-likeness (QED) is 0.794. The van der Waals surface area contributed by atoms with Gasteiger partial charge < -0.3 is 11.1 Å². The highest BCUT2D eigenvalue weighted by atomic mass is 32.1. The fraction of sp³-hybridized carbons (Fsp3) is 0.231. The highest BCUT2D eigenvalue weighted by molar-refractivity contribution is 7.12. The van der Waals surface area contributed by atoms with E-state index < -0.39 is 0 Å². The first kappa shape index (κ1) is 11.0. The van der Waals surface area contributed by atoms with Crippen LogP contribution in [0.3, 0.4) is 0 Å². The molecule has 16 heavy (non-hydrogen) atoms. The van der Waals surface area contributed by atoms with E-state index in [4.69, 9.17) is 5.73 Å². The maximum absolute atomic E-state index is 5.63. The lowest BCUT2D eigenvalue weighted by atomic mass is 10.2. The van der Waals surface area contributed by atoms with Gasteiger partial charge in [-0.1, -0.05) is 0 Å². The molecule has 0 fully saturated rings. The van der Waals surface area contributed by atoms with Crippen molar-refractivity contribution in [3.05, 3.63) is 45.6 Å². The van der Waals surface area contributed by atoms with Crippen LogP contribution in [0, 0.1) is 13.8 Å². The zero-order chi connectivity index (χ0) is 11.5. The van der Waals surface area contributed by atoms with Gasteiger partial charge in [-0.25, -0.2) is 0 Å². The number of rotatable bonds is 3. The second-order valence-electron chi connectivity index (χ2n) is 3.93. The van der Waals surface area contributed by atoms with Gasteiger partial charge >= 0.3 is 0 Å². The topological polar surface area (TPSA) is 38.0 Å². The van der Waals surface area contributed by atoms with Gasteiger partial charge in [-0.15, -0.1) is 11.3 Å². The number of anilines is 2. The van der Waals surface area contributed by atoms with Crippen LogP contribution < -0.4 is 11.1 Å². The van der Waals surface area contributed by atoms with Crippen molar-refractivity contribution in [2.75, 3.05) is 11.1 Å². The molecule has 0 spiro atoms. The zero-order valence-corrected chi connectivity index (χ0v) is 10.4. The molecule has 0 saturated heterocycles. The lowest BCUT2D eigenvalue weighted by molar-refractivity contribution is 1.19. The second-order valence-corrected chi connectivity index (χ2v) is 5.27. The van der Waals surface area contributed by atoms with Crippen LogP contribution in [0.4, 0.5) is 11.4 Å². The van der Waals surface area contributed by atoms with Gasteiger partial charge in [-0.3, -0.25) is 0 Å². The van der Waals surface area contributed by atoms with Crippen LogP contribution >= 0.6 is 11.3 Å². The molecule has 3 heteroatoms. The van der Waals surface area contributed by atoms with Gasteiger partial charge in [0.25, 0.3) is 0 Å². The Morgan fingerprint density at radius 3 is 2.44 bits per heavy atom. The Balaban J connectivity index is 1.99. The van der Waals surface area contributed by atoms with Crippen molar-refractivity contribution in [1.29, 1.82) is 0 Å². The molecule has 0 amide bonds. The van der Waals surface area contributed by atoms with E-state index in [-0.39, 0.29) is 0 Å². The number of hydrogen-bond donors (Lipinski definition) is 2. The van der Waals surface area contributed by atoms with Gasteiger partial charge in [0.15, 0.2) is 0 Å². The van der Waals surface area contributed by atoms with Crippen LogP contribution in [0.2, 0.25) is 0 Å². The summed E-state index contributed by atoms with van der Waals surface area (Å²) in [5.74, 6) is 0. The lowest BCUT2D eigenvalue weighted by Gasteiger charge is -2.04. The Morgan fingerprint density at radius 1 is 1.19 bits per heavy atom. The summed E-state index contributed by atoms with van der Waals surface area (Å²) in [6.45, 7) is 5.19. The minimum absolute atomic E-state index is 0.799. The fourth-order valence-electron chi connectivity index (χ4n) is 1.53. The largest absolute Gasteiger partial charge is 0.399 e. The number of thiophene rings is 1. The van der Waals surface area contributed by atoms with Gasteiger partial charge in [-0.05, 0) is 49.7 Å². The van der Waals surface area contributed by atoms with Crippen molar-refractivity contribution in [2.45, 2.75) is 20.4 Å². The molecular formula is C13H16N2S. The SMILES string of the molecule is Cc1cc(CNc2ccc(N)cc2)sc1C. The molecule has 0 unspecified atom stereocenters. The van der Waals surface area contributed by atoms with E-state index in [1.165, 1.54) is 15.3 Å². The number of hydrogen-bond acceptors (Lipinski definition) is 3. The highest BCUT2D eigenvalue weighted by Crippen LogP contribution is 2.21. The molecular weight excluding hydrogens is 216 g/mol. The van der Waals surface area contributed by atoms with E-state index in [1.54, 1.807) is 0 Å². The van der Waals surface area contributed by atoms with E-state index >= 15 is 0 Å². The lowest BCUT2D eigenvalue weighted by Crippen LogP contribution is -1.97. The maximum atomic E-state index is 5.63. The Bertz CT molecular complexity index is 452. The van der Waals surface area contributed by atoms with E-state index in [2.05, 4.69) is 25.2 Å². The molecule has 0 saturated carbocycles. The second kappa shape index (κ2) is 4.58. The molecule has 1 aromatic heterocycles. The summed E-state index contributed by atoms with van der Waals surface area (Å²) in [7, 11) is 0. The van der Waals surface area contributed by atoms with Crippen molar-refractivity contribution in [3.63, 3.8) is 0 Å². The van der Waals surface area contributed by atoms with Crippen LogP contribution in [0.25, 0.3) is 0 Å². The Hall–Kier alpha value is -1.48. The standard InChI is InChI=1S/C13H16N2S/c1-9-7-13(16-10(9)2)8-15-12-5-3-11(14)4-6-12/h3-7,15H,8,14H2,1-2H3. The summed E-state index contributed by atoms with van der Waals surface area (Å²) in [5.41, 5.74) is 8.91. The number of nitrogens with two attached hydrogens (primary N) is 1. The van der Waals surface area contributed by atoms with Crippen molar-refractivity contribution < 1.29 is 0 Å². The fourth-order valence-corrected chi connectivity index (χ4v) is 2.52. The Kier molecular flexibility index (Phi) is 3.15. The van der Waals surface area contributed by atoms with Crippen molar-refractivity contribution in [3.8, 4) is 0 Å². The molecule has 2 nitrogen and oxygen atoms in total. The molecule has 2 aromatic rings. The summed E-state index contributed by atoms with van der Waals surface area (Å²) in [4.78, 5) is 2.76. The maximum Gasteiger partial charge on any atom is 0.0494 e. The third-order valence-electron chi connectivity index (χ3n) is 2.59. The first-order valence-electron chi connectivity index (χ1n) is 5.30. The van der Waals surface area contributed by atoms with Gasteiger partial charge in [0, 0.05) is 27.7 Å². The third kappa shape index (κ3) is 2.55. The van der Waals surface area contributed by atoms with Gasteiger partial charge in [0.1, 0.15) is 0 Å². The summed E-state index contributed by atoms with van der Waals surface area (Å²) < 4.78 is 0. The van der Waals surface area contributed by atoms with Gasteiger partial charge in [-0.2, -0.15) is 0 Å². The summed E-state index contributed by atoms with van der Waals surface area (Å²) in [6.07, 6.45) is 0. The van der Waals surface area contributed by atoms with Crippen LogP contribution in [-0.4, -0.2) is 0 Å². The first-order chi connectivity index (χ1) is 7.65. The number of nitrogen functional groups attached to an aromatic ring is 1. The van der Waals surface area contributed by atoms with Crippen molar-refractivity contribution in [2.24, 2.45) is 0 Å². The normalized spacial score (nSPS) is 10.4. The van der Waals surface area contributed by atoms with E-state index in [0.29, 0.717) is 0 Å². The molecule has 0 radical (unpaired) electrons. The molecule has 0 aliphatic carbocycles. The summed E-state index contributed by atoms with van der Waals surface area (Å²) in [5, 5.41) is 3.38. The van der Waals surface area contributed by atoms with Crippen molar-refractivity contribution >= 4 is 22.7 Å². The monoisotopic (exact) mass is 232 g/mol. The van der Waals surface area contributed by atoms with Crippen LogP contribution in [0.5, 0.6) is 0 Å². The first-order valence-corrected chi connectivity index (χ1v) is 6.12. The number of benzene rings is 1. The molecule has 3 N–H and O–H groups in total. The highest BCUT2D eigenvalue weighted by Gasteiger charge is 2.01. The molecule has 84 valence electrons. The van der Waals surface area contributed by atoms with Gasteiger partial charge in [0.05, 0.1) is 0 Å². The third-order valence-corrected chi connectivity index (χ3v) is 3.75. The van der Waals surface area contributed by atoms with Crippen molar-refractivity contribution in [1.82, 2.24) is 0 Å². The number of nitrogens with one attached hydrogen (secondary N) is 1. The minimum Gasteiger partial charge on any atom is -0.399 e. The molecule has 0 aliphatic heterocycles. The van der Waals surface area contributed by atoms with Crippen LogP contribution in [0.15, 0.2) is 30.3 Å². The summed E-state index contributed by atoms with van der Waals surface area (Å²) >= 11 is 1.85. The Morgan fingerprint density at radius 2 is 1.88 bits per heavy atom. The van der Waals surface area contributed by atoms with Crippen LogP contribution in [0.1, 0.15) is 15.3 Å². The van der Waals surface area contributed by atoms with Crippen LogP contribution in [-0.2, 0) is 6.54 Å². The average molecular weight is 232 g/mol. The zero-order valence-electron chi connectivity index (χ0n) is 9.58. The van der Waals surface area contributed by atoms with E-state index in [0.717, 1.165) is 17.9 Å². The molecule has 1 aromatic carbocycles. The van der Waals surface area contributed by atoms with E-state index in [1.807, 2.05) is 35.6 Å². The average Bonchev–Trinajstić information content (AvgIpc) is 2.58. The predicted octanol–water partition coefficient (Wildman–Crippen LogP) is 3.56. The predicted molar refractivity (Wildman–Crippen MR) is 72.0 cm³/mol. The molecule has 0 atom stereocenters. The molecule has 1 heterocycles. The summed E-state index contributed by atoms with van der Waals surface area (Å²) in [6, 6.07) is 10.1. The molecule has 0 aliphatic rings. The van der Waals surface area contributed by atoms with Gasteiger partial charge in [0.2, 0.25) is 0 Å². The smallest absolute Gasteiger partial charge is 0.0494 e. The minimum atomic E-state index is 0.799. The van der Waals surface area contributed by atoms with E-state index in [9.17, 15) is 0 Å². The number of aryl methyl sites for hydroxylation is 2.